The van der Waals surface area contributed by atoms with E-state index in [2.05, 4.69) is 20.8 Å². The summed E-state index contributed by atoms with van der Waals surface area (Å²) < 4.78 is 1.37. The lowest BCUT2D eigenvalue weighted by Crippen LogP contribution is -2.27. The summed E-state index contributed by atoms with van der Waals surface area (Å²) in [7, 11) is 3.28. The van der Waals surface area contributed by atoms with E-state index in [0.29, 0.717) is 10.8 Å². The molecule has 0 radical (unpaired) electrons. The number of hydrogen-bond acceptors (Lipinski definition) is 5. The first-order chi connectivity index (χ1) is 8.61. The molecular formula is C11H12ClN5O. The third kappa shape index (κ3) is 2.49. The van der Waals surface area contributed by atoms with Crippen molar-refractivity contribution in [3.05, 3.63) is 39.8 Å². The number of rotatable bonds is 3. The van der Waals surface area contributed by atoms with Crippen LogP contribution in [0.15, 0.2) is 29.1 Å². The summed E-state index contributed by atoms with van der Waals surface area (Å²) in [4.78, 5) is 19.7. The van der Waals surface area contributed by atoms with E-state index in [9.17, 15) is 4.79 Å². The van der Waals surface area contributed by atoms with E-state index in [1.54, 1.807) is 32.3 Å². The number of aromatic nitrogens is 3. The zero-order valence-electron chi connectivity index (χ0n) is 9.94. The Bertz CT molecular complexity index is 625. The molecule has 2 aromatic rings. The highest BCUT2D eigenvalue weighted by Crippen LogP contribution is 2.19. The number of nitrogens with zero attached hydrogens (tertiary/aromatic N) is 3. The molecule has 0 spiro atoms. The van der Waals surface area contributed by atoms with E-state index in [1.807, 2.05) is 6.07 Å². The highest BCUT2D eigenvalue weighted by Gasteiger charge is 2.09. The Morgan fingerprint density at radius 1 is 1.33 bits per heavy atom. The van der Waals surface area contributed by atoms with Crippen molar-refractivity contribution in [2.75, 3.05) is 12.5 Å². The smallest absolute Gasteiger partial charge is 0.290 e. The fourth-order valence-corrected chi connectivity index (χ4v) is 1.70. The van der Waals surface area contributed by atoms with Gasteiger partial charge in [-0.2, -0.15) is 9.97 Å². The minimum atomic E-state index is -0.391. The molecular weight excluding hydrogens is 254 g/mol. The molecule has 0 amide bonds. The van der Waals surface area contributed by atoms with E-state index in [1.165, 1.54) is 4.57 Å². The van der Waals surface area contributed by atoms with Crippen molar-refractivity contribution < 1.29 is 0 Å². The summed E-state index contributed by atoms with van der Waals surface area (Å²) in [6, 6.07) is 7.13. The van der Waals surface area contributed by atoms with Gasteiger partial charge in [0.25, 0.3) is 0 Å². The second kappa shape index (κ2) is 5.16. The fraction of sp³-hybridized carbons (Fsp3) is 0.182. The molecule has 1 heterocycles. The van der Waals surface area contributed by atoms with Crippen molar-refractivity contribution in [2.24, 2.45) is 7.05 Å². The van der Waals surface area contributed by atoms with Gasteiger partial charge in [-0.15, -0.1) is 0 Å². The Hall–Kier alpha value is -1.92. The standard InChI is InChI=1S/C11H12ClN5O/c1-13-16-10-14-9(17(2)11(18)15-10)7-4-3-5-8(12)6-7/h3-6,13H,1-2H3,(H,15,16,18). The van der Waals surface area contributed by atoms with E-state index in [0.717, 1.165) is 5.56 Å². The number of anilines is 1. The third-order valence-corrected chi connectivity index (χ3v) is 2.57. The molecule has 94 valence electrons. The van der Waals surface area contributed by atoms with Crippen LogP contribution in [0.3, 0.4) is 0 Å². The van der Waals surface area contributed by atoms with Crippen LogP contribution in [0.5, 0.6) is 0 Å². The molecule has 7 heteroatoms. The molecule has 0 aliphatic heterocycles. The monoisotopic (exact) mass is 265 g/mol. The van der Waals surface area contributed by atoms with Crippen LogP contribution in [0, 0.1) is 0 Å². The van der Waals surface area contributed by atoms with Crippen molar-refractivity contribution in [1.82, 2.24) is 20.0 Å². The summed E-state index contributed by atoms with van der Waals surface area (Å²) in [5.74, 6) is 0.714. The summed E-state index contributed by atoms with van der Waals surface area (Å²) in [6.45, 7) is 0. The molecule has 0 fully saturated rings. The zero-order valence-corrected chi connectivity index (χ0v) is 10.7. The lowest BCUT2D eigenvalue weighted by molar-refractivity contribution is 0.775. The van der Waals surface area contributed by atoms with Crippen LogP contribution in [0.25, 0.3) is 11.4 Å². The lowest BCUT2D eigenvalue weighted by Gasteiger charge is -2.09. The van der Waals surface area contributed by atoms with Gasteiger partial charge in [0, 0.05) is 24.7 Å². The topological polar surface area (TPSA) is 71.8 Å². The van der Waals surface area contributed by atoms with Gasteiger partial charge in [0.05, 0.1) is 0 Å². The molecule has 1 aromatic carbocycles. The molecule has 1 aromatic heterocycles. The molecule has 0 saturated heterocycles. The fourth-order valence-electron chi connectivity index (χ4n) is 1.51. The minimum Gasteiger partial charge on any atom is -0.290 e. The first-order valence-electron chi connectivity index (χ1n) is 5.25. The average Bonchev–Trinajstić information content (AvgIpc) is 2.34. The van der Waals surface area contributed by atoms with Gasteiger partial charge >= 0.3 is 5.69 Å². The van der Waals surface area contributed by atoms with Gasteiger partial charge < -0.3 is 0 Å². The number of benzene rings is 1. The highest BCUT2D eigenvalue weighted by atomic mass is 35.5. The average molecular weight is 266 g/mol. The van der Waals surface area contributed by atoms with Gasteiger partial charge in [0.2, 0.25) is 5.95 Å². The first kappa shape index (κ1) is 12.5. The van der Waals surface area contributed by atoms with Gasteiger partial charge in [-0.25, -0.2) is 10.2 Å². The molecule has 6 nitrogen and oxygen atoms in total. The summed E-state index contributed by atoms with van der Waals surface area (Å²) >= 11 is 5.93. The molecule has 18 heavy (non-hydrogen) atoms. The predicted molar refractivity (Wildman–Crippen MR) is 70.4 cm³/mol. The molecule has 0 saturated carbocycles. The van der Waals surface area contributed by atoms with Crippen LogP contribution in [0.4, 0.5) is 5.95 Å². The maximum atomic E-state index is 11.7. The van der Waals surface area contributed by atoms with Crippen LogP contribution < -0.4 is 16.5 Å². The Morgan fingerprint density at radius 3 is 2.78 bits per heavy atom. The number of halogens is 1. The maximum absolute atomic E-state index is 11.7. The van der Waals surface area contributed by atoms with Crippen molar-refractivity contribution in [3.8, 4) is 11.4 Å². The van der Waals surface area contributed by atoms with E-state index >= 15 is 0 Å². The number of hydrazine groups is 1. The van der Waals surface area contributed by atoms with Crippen molar-refractivity contribution in [1.29, 1.82) is 0 Å². The third-order valence-electron chi connectivity index (χ3n) is 2.34. The Morgan fingerprint density at radius 2 is 2.11 bits per heavy atom. The summed E-state index contributed by atoms with van der Waals surface area (Å²) in [6.07, 6.45) is 0. The number of nitrogens with one attached hydrogen (secondary N) is 2. The van der Waals surface area contributed by atoms with Gasteiger partial charge in [-0.05, 0) is 12.1 Å². The Balaban J connectivity index is 2.59. The molecule has 2 N–H and O–H groups in total. The van der Waals surface area contributed by atoms with E-state index in [4.69, 9.17) is 11.6 Å². The molecule has 2 rings (SSSR count). The minimum absolute atomic E-state index is 0.218. The molecule has 0 bridgehead atoms. The highest BCUT2D eigenvalue weighted by molar-refractivity contribution is 6.30. The van der Waals surface area contributed by atoms with Crippen LogP contribution in [-0.4, -0.2) is 21.6 Å². The molecule has 0 unspecified atom stereocenters. The molecule has 0 aliphatic carbocycles. The Labute approximate surface area is 109 Å². The Kier molecular flexibility index (Phi) is 3.59. The van der Waals surface area contributed by atoms with Crippen LogP contribution in [0.2, 0.25) is 5.02 Å². The van der Waals surface area contributed by atoms with Crippen molar-refractivity contribution in [2.45, 2.75) is 0 Å². The van der Waals surface area contributed by atoms with Gasteiger partial charge in [-0.3, -0.25) is 9.99 Å². The molecule has 0 aliphatic rings. The van der Waals surface area contributed by atoms with Gasteiger partial charge in [0.1, 0.15) is 5.82 Å². The molecule has 0 atom stereocenters. The zero-order chi connectivity index (χ0) is 13.1. The largest absolute Gasteiger partial charge is 0.352 e. The summed E-state index contributed by atoms with van der Waals surface area (Å²) in [5.41, 5.74) is 5.72. The predicted octanol–water partition coefficient (Wildman–Crippen LogP) is 1.04. The van der Waals surface area contributed by atoms with E-state index in [-0.39, 0.29) is 5.95 Å². The number of hydrogen-bond donors (Lipinski definition) is 2. The summed E-state index contributed by atoms with van der Waals surface area (Å²) in [5, 5.41) is 0.585. The lowest BCUT2D eigenvalue weighted by atomic mass is 10.2. The van der Waals surface area contributed by atoms with Crippen molar-refractivity contribution >= 4 is 17.5 Å². The normalized spacial score (nSPS) is 10.4. The quantitative estimate of drug-likeness (QED) is 0.812. The van der Waals surface area contributed by atoms with Gasteiger partial charge in [0.15, 0.2) is 0 Å². The first-order valence-corrected chi connectivity index (χ1v) is 5.63. The van der Waals surface area contributed by atoms with Gasteiger partial charge in [-0.1, -0.05) is 23.7 Å². The SMILES string of the molecule is CNNc1nc(-c2cccc(Cl)c2)n(C)c(=O)n1. The van der Waals surface area contributed by atoms with Crippen LogP contribution in [-0.2, 0) is 7.05 Å². The second-order valence-electron chi connectivity index (χ2n) is 3.60. The maximum Gasteiger partial charge on any atom is 0.352 e. The van der Waals surface area contributed by atoms with E-state index < -0.39 is 5.69 Å². The van der Waals surface area contributed by atoms with Crippen molar-refractivity contribution in [3.63, 3.8) is 0 Å². The van der Waals surface area contributed by atoms with Crippen LogP contribution >= 0.6 is 11.6 Å². The van der Waals surface area contributed by atoms with Crippen LogP contribution in [0.1, 0.15) is 0 Å². The second-order valence-corrected chi connectivity index (χ2v) is 4.03.